The number of carbonyl (C=O) groups excluding carboxylic acids is 1. The van der Waals surface area contributed by atoms with E-state index in [2.05, 4.69) is 20.3 Å². The predicted octanol–water partition coefficient (Wildman–Crippen LogP) is 0.688. The Kier molecular flexibility index (Phi) is 4.19. The Morgan fingerprint density at radius 2 is 2.41 bits per heavy atom. The van der Waals surface area contributed by atoms with Crippen LogP contribution in [-0.4, -0.2) is 55.5 Å². The smallest absolute Gasteiger partial charge is 0.225 e. The van der Waals surface area contributed by atoms with E-state index < -0.39 is 0 Å². The summed E-state index contributed by atoms with van der Waals surface area (Å²) in [6.45, 7) is 3.14. The summed E-state index contributed by atoms with van der Waals surface area (Å²) in [7, 11) is 1.67. The van der Waals surface area contributed by atoms with Crippen LogP contribution in [0, 0.1) is 6.92 Å². The molecular weight excluding hydrogens is 284 g/mol. The number of rotatable bonds is 5. The molecule has 22 heavy (non-hydrogen) atoms. The van der Waals surface area contributed by atoms with Crippen molar-refractivity contribution >= 4 is 5.91 Å². The van der Waals surface area contributed by atoms with Crippen molar-refractivity contribution in [3.05, 3.63) is 30.1 Å². The average molecular weight is 304 g/mol. The number of aryl methyl sites for hydroxylation is 2. The second-order valence-corrected chi connectivity index (χ2v) is 5.56. The second kappa shape index (κ2) is 6.27. The number of ether oxygens (including phenoxy) is 1. The Morgan fingerprint density at radius 1 is 1.55 bits per heavy atom. The molecule has 2 aromatic rings. The minimum atomic E-state index is -0.0979. The third-order valence-electron chi connectivity index (χ3n) is 3.98. The Balaban J connectivity index is 1.66. The van der Waals surface area contributed by atoms with Gasteiger partial charge in [0.1, 0.15) is 12.2 Å². The van der Waals surface area contributed by atoms with Gasteiger partial charge in [0.05, 0.1) is 18.3 Å². The quantitative estimate of drug-likeness (QED) is 0.878. The average Bonchev–Trinajstić information content (AvgIpc) is 3.24. The molecule has 0 saturated carbocycles. The number of hydrogen-bond acceptors (Lipinski definition) is 5. The highest BCUT2D eigenvalue weighted by Crippen LogP contribution is 2.31. The van der Waals surface area contributed by atoms with Crippen molar-refractivity contribution in [2.75, 3.05) is 13.7 Å². The van der Waals surface area contributed by atoms with Crippen LogP contribution in [0.2, 0.25) is 0 Å². The molecule has 118 valence electrons. The van der Waals surface area contributed by atoms with Gasteiger partial charge in [-0.3, -0.25) is 14.6 Å². The summed E-state index contributed by atoms with van der Waals surface area (Å²) in [6, 6.07) is -0.0979. The normalized spacial score (nSPS) is 21.5. The molecule has 1 aliphatic heterocycles. The van der Waals surface area contributed by atoms with E-state index in [9.17, 15) is 4.79 Å². The summed E-state index contributed by atoms with van der Waals surface area (Å²) >= 11 is 0. The molecule has 3 rings (SSSR count). The Hall–Kier alpha value is -2.22. The first kappa shape index (κ1) is 14.7. The molecule has 1 N–H and O–H groups in total. The number of aromatic nitrogens is 5. The maximum absolute atomic E-state index is 12.6. The van der Waals surface area contributed by atoms with Crippen LogP contribution in [0.4, 0.5) is 0 Å². The molecule has 1 amide bonds. The molecule has 1 fully saturated rings. The van der Waals surface area contributed by atoms with Gasteiger partial charge in [0.25, 0.3) is 0 Å². The van der Waals surface area contributed by atoms with Gasteiger partial charge in [-0.25, -0.2) is 4.98 Å². The van der Waals surface area contributed by atoms with Gasteiger partial charge in [0.15, 0.2) is 0 Å². The predicted molar refractivity (Wildman–Crippen MR) is 77.8 cm³/mol. The number of hydrogen-bond donors (Lipinski definition) is 1. The van der Waals surface area contributed by atoms with Gasteiger partial charge >= 0.3 is 0 Å². The Labute approximate surface area is 128 Å². The second-order valence-electron chi connectivity index (χ2n) is 5.56. The lowest BCUT2D eigenvalue weighted by Gasteiger charge is -2.22. The molecule has 8 nitrogen and oxygen atoms in total. The molecule has 1 aliphatic rings. The third kappa shape index (κ3) is 3.01. The van der Waals surface area contributed by atoms with Crippen molar-refractivity contribution < 1.29 is 9.53 Å². The van der Waals surface area contributed by atoms with E-state index in [4.69, 9.17) is 4.74 Å². The summed E-state index contributed by atoms with van der Waals surface area (Å²) in [5.41, 5.74) is 1.09. The fourth-order valence-corrected chi connectivity index (χ4v) is 2.82. The molecule has 1 saturated heterocycles. The molecule has 0 spiro atoms. The zero-order valence-electron chi connectivity index (χ0n) is 12.8. The summed E-state index contributed by atoms with van der Waals surface area (Å²) in [4.78, 5) is 18.6. The van der Waals surface area contributed by atoms with Gasteiger partial charge < -0.3 is 9.64 Å². The minimum Gasteiger partial charge on any atom is -0.380 e. The topological polar surface area (TPSA) is 88.9 Å². The standard InChI is InChI=1S/C14H20N6O2/c1-10-6-17-19(7-10)4-3-13(21)20-8-11(22-2)5-12(20)14-15-9-16-18-14/h6-7,9,11-12H,3-5,8H2,1-2H3,(H,15,16,18)/t11-,12+/m1/s1. The highest BCUT2D eigenvalue weighted by molar-refractivity contribution is 5.77. The molecule has 0 aliphatic carbocycles. The van der Waals surface area contributed by atoms with Crippen LogP contribution in [0.5, 0.6) is 0 Å². The number of nitrogens with one attached hydrogen (secondary N) is 1. The van der Waals surface area contributed by atoms with E-state index in [-0.39, 0.29) is 18.1 Å². The maximum Gasteiger partial charge on any atom is 0.225 e. The molecule has 8 heteroatoms. The van der Waals surface area contributed by atoms with Crippen LogP contribution >= 0.6 is 0 Å². The molecule has 0 bridgehead atoms. The summed E-state index contributed by atoms with van der Waals surface area (Å²) in [5.74, 6) is 0.789. The van der Waals surface area contributed by atoms with Crippen molar-refractivity contribution in [2.24, 2.45) is 0 Å². The van der Waals surface area contributed by atoms with Crippen molar-refractivity contribution in [3.8, 4) is 0 Å². The van der Waals surface area contributed by atoms with E-state index in [1.165, 1.54) is 6.33 Å². The molecule has 0 aromatic carbocycles. The zero-order chi connectivity index (χ0) is 15.5. The van der Waals surface area contributed by atoms with E-state index in [1.54, 1.807) is 18.0 Å². The van der Waals surface area contributed by atoms with Crippen molar-refractivity contribution in [1.82, 2.24) is 29.9 Å². The fourth-order valence-electron chi connectivity index (χ4n) is 2.82. The van der Waals surface area contributed by atoms with Gasteiger partial charge in [0.2, 0.25) is 5.91 Å². The van der Waals surface area contributed by atoms with E-state index in [1.807, 2.05) is 18.0 Å². The Bertz CT molecular complexity index is 623. The SMILES string of the molecule is CO[C@@H]1C[C@@H](c2ncn[nH]2)N(C(=O)CCn2cc(C)cn2)C1. The van der Waals surface area contributed by atoms with E-state index >= 15 is 0 Å². The number of aromatic amines is 1. The molecule has 3 heterocycles. The van der Waals surface area contributed by atoms with Crippen LogP contribution in [0.1, 0.15) is 30.3 Å². The van der Waals surface area contributed by atoms with E-state index in [0.29, 0.717) is 25.3 Å². The molecular formula is C14H20N6O2. The third-order valence-corrected chi connectivity index (χ3v) is 3.98. The summed E-state index contributed by atoms with van der Waals surface area (Å²) < 4.78 is 7.20. The maximum atomic E-state index is 12.6. The number of amides is 1. The van der Waals surface area contributed by atoms with Crippen LogP contribution in [0.15, 0.2) is 18.7 Å². The fraction of sp³-hybridized carbons (Fsp3) is 0.571. The molecule has 0 radical (unpaired) electrons. The largest absolute Gasteiger partial charge is 0.380 e. The summed E-state index contributed by atoms with van der Waals surface area (Å²) in [5, 5.41) is 10.9. The first-order valence-corrected chi connectivity index (χ1v) is 7.34. The van der Waals surface area contributed by atoms with Crippen LogP contribution < -0.4 is 0 Å². The van der Waals surface area contributed by atoms with Crippen LogP contribution in [-0.2, 0) is 16.1 Å². The van der Waals surface area contributed by atoms with Gasteiger partial charge in [-0.2, -0.15) is 10.2 Å². The number of H-pyrrole nitrogens is 1. The molecule has 2 aromatic heterocycles. The number of nitrogens with zero attached hydrogens (tertiary/aromatic N) is 5. The molecule has 0 unspecified atom stereocenters. The van der Waals surface area contributed by atoms with Crippen molar-refractivity contribution in [2.45, 2.75) is 38.5 Å². The first-order valence-electron chi connectivity index (χ1n) is 7.34. The van der Waals surface area contributed by atoms with Gasteiger partial charge in [-0.05, 0) is 12.5 Å². The highest BCUT2D eigenvalue weighted by Gasteiger charge is 2.37. The van der Waals surface area contributed by atoms with Crippen molar-refractivity contribution in [3.63, 3.8) is 0 Å². The van der Waals surface area contributed by atoms with Crippen molar-refractivity contribution in [1.29, 1.82) is 0 Å². The highest BCUT2D eigenvalue weighted by atomic mass is 16.5. The number of methoxy groups -OCH3 is 1. The van der Waals surface area contributed by atoms with Gasteiger partial charge in [0, 0.05) is 39.2 Å². The van der Waals surface area contributed by atoms with Gasteiger partial charge in [-0.15, -0.1) is 0 Å². The Morgan fingerprint density at radius 3 is 3.05 bits per heavy atom. The van der Waals surface area contributed by atoms with Crippen LogP contribution in [0.25, 0.3) is 0 Å². The number of carbonyl (C=O) groups is 1. The van der Waals surface area contributed by atoms with E-state index in [0.717, 1.165) is 12.0 Å². The number of likely N-dealkylation sites (tertiary alicyclic amines) is 1. The summed E-state index contributed by atoms with van der Waals surface area (Å²) in [6.07, 6.45) is 6.36. The first-order chi connectivity index (χ1) is 10.7. The lowest BCUT2D eigenvalue weighted by molar-refractivity contribution is -0.132. The van der Waals surface area contributed by atoms with Crippen LogP contribution in [0.3, 0.4) is 0 Å². The minimum absolute atomic E-state index is 0.0333. The zero-order valence-corrected chi connectivity index (χ0v) is 12.8. The van der Waals surface area contributed by atoms with Gasteiger partial charge in [-0.1, -0.05) is 0 Å². The monoisotopic (exact) mass is 304 g/mol. The lowest BCUT2D eigenvalue weighted by atomic mass is 10.2. The lowest BCUT2D eigenvalue weighted by Crippen LogP contribution is -2.33. The molecule has 2 atom stereocenters.